The normalized spacial score (nSPS) is 12.1. The molecule has 1 amide bonds. The van der Waals surface area contributed by atoms with Crippen LogP contribution in [0.2, 0.25) is 0 Å². The monoisotopic (exact) mass is 345 g/mol. The second kappa shape index (κ2) is 9.81. The molecular weight excluding hydrogens is 318 g/mol. The van der Waals surface area contributed by atoms with Crippen molar-refractivity contribution in [3.05, 3.63) is 30.2 Å². The molecule has 0 fully saturated rings. The lowest BCUT2D eigenvalue weighted by Crippen LogP contribution is -2.17. The van der Waals surface area contributed by atoms with Crippen LogP contribution in [0.4, 0.5) is 4.79 Å². The van der Waals surface area contributed by atoms with Crippen molar-refractivity contribution in [2.45, 2.75) is 51.9 Å². The third-order valence-electron chi connectivity index (χ3n) is 4.00. The predicted molar refractivity (Wildman–Crippen MR) is 97.7 cm³/mol. The van der Waals surface area contributed by atoms with Gasteiger partial charge in [-0.15, -0.1) is 0 Å². The number of fused-ring (bicyclic) bond motifs is 1. The molecule has 136 valence electrons. The van der Waals surface area contributed by atoms with Crippen molar-refractivity contribution in [2.24, 2.45) is 5.73 Å². The van der Waals surface area contributed by atoms with Gasteiger partial charge < -0.3 is 15.2 Å². The van der Waals surface area contributed by atoms with Crippen LogP contribution in [0.3, 0.4) is 0 Å². The summed E-state index contributed by atoms with van der Waals surface area (Å²) in [7, 11) is 0. The second-order valence-corrected chi connectivity index (χ2v) is 6.24. The number of carbonyl (C=O) groups is 1. The van der Waals surface area contributed by atoms with E-state index in [2.05, 4.69) is 16.9 Å². The Hall–Kier alpha value is -2.37. The third kappa shape index (κ3) is 6.21. The summed E-state index contributed by atoms with van der Waals surface area (Å²) in [4.78, 5) is 19.6. The van der Waals surface area contributed by atoms with Crippen molar-refractivity contribution in [1.82, 2.24) is 9.97 Å². The highest BCUT2D eigenvalue weighted by molar-refractivity contribution is 5.79. The van der Waals surface area contributed by atoms with Crippen LogP contribution in [-0.2, 0) is 4.74 Å². The molecule has 0 bridgehead atoms. The van der Waals surface area contributed by atoms with Gasteiger partial charge in [0.1, 0.15) is 18.2 Å². The number of aromatic nitrogens is 2. The maximum Gasteiger partial charge on any atom is 0.404 e. The van der Waals surface area contributed by atoms with Crippen molar-refractivity contribution >= 4 is 17.0 Å². The van der Waals surface area contributed by atoms with E-state index in [0.29, 0.717) is 5.82 Å². The number of hydrogen-bond donors (Lipinski definition) is 1. The number of unbranched alkanes of at least 4 members (excludes halogenated alkanes) is 4. The molecule has 0 radical (unpaired) electrons. The molecule has 0 spiro atoms. The Kier molecular flexibility index (Phi) is 7.44. The van der Waals surface area contributed by atoms with Crippen molar-refractivity contribution in [2.75, 3.05) is 13.2 Å². The van der Waals surface area contributed by atoms with Gasteiger partial charge in [0.2, 0.25) is 0 Å². The van der Waals surface area contributed by atoms with Crippen LogP contribution in [0.1, 0.15) is 57.7 Å². The number of amides is 1. The number of rotatable bonds is 10. The average Bonchev–Trinajstić information content (AvgIpc) is 2.62. The standard InChI is InChI=1S/C19H27N3O3/c1-3-4-5-6-7-10-24-16-8-9-17-15(11-16)12-21-18(22-17)14(2)13-25-19(20)23/h8-9,11-12,14H,3-7,10,13H2,1-2H3,(H2,20,23). The molecule has 1 aromatic carbocycles. The summed E-state index contributed by atoms with van der Waals surface area (Å²) in [5.74, 6) is 1.35. The Bertz CT molecular complexity index is 691. The van der Waals surface area contributed by atoms with Crippen LogP contribution >= 0.6 is 0 Å². The Balaban J connectivity index is 1.92. The lowest BCUT2D eigenvalue weighted by Gasteiger charge is -2.11. The molecule has 2 aromatic rings. The van der Waals surface area contributed by atoms with Gasteiger partial charge in [0.05, 0.1) is 18.0 Å². The molecule has 6 nitrogen and oxygen atoms in total. The number of hydrogen-bond acceptors (Lipinski definition) is 5. The van der Waals surface area contributed by atoms with Gasteiger partial charge in [0, 0.05) is 11.6 Å². The number of ether oxygens (including phenoxy) is 2. The second-order valence-electron chi connectivity index (χ2n) is 6.24. The number of carbonyl (C=O) groups excluding carboxylic acids is 1. The van der Waals surface area contributed by atoms with Gasteiger partial charge in [-0.3, -0.25) is 0 Å². The minimum Gasteiger partial charge on any atom is -0.494 e. The largest absolute Gasteiger partial charge is 0.494 e. The third-order valence-corrected chi connectivity index (χ3v) is 4.00. The lowest BCUT2D eigenvalue weighted by molar-refractivity contribution is 0.150. The van der Waals surface area contributed by atoms with E-state index in [-0.39, 0.29) is 12.5 Å². The molecule has 2 N–H and O–H groups in total. The highest BCUT2D eigenvalue weighted by Crippen LogP contribution is 2.21. The van der Waals surface area contributed by atoms with E-state index in [1.54, 1.807) is 6.20 Å². The fourth-order valence-electron chi connectivity index (χ4n) is 2.53. The number of primary amides is 1. The zero-order chi connectivity index (χ0) is 18.1. The maximum atomic E-state index is 10.7. The summed E-state index contributed by atoms with van der Waals surface area (Å²) < 4.78 is 10.6. The molecule has 6 heteroatoms. The highest BCUT2D eigenvalue weighted by Gasteiger charge is 2.12. The molecule has 0 saturated carbocycles. The SMILES string of the molecule is CCCCCCCOc1ccc2nc(C(C)COC(N)=O)ncc2c1. The van der Waals surface area contributed by atoms with E-state index in [9.17, 15) is 4.79 Å². The van der Waals surface area contributed by atoms with Crippen molar-refractivity contribution in [1.29, 1.82) is 0 Å². The van der Waals surface area contributed by atoms with Gasteiger partial charge in [-0.05, 0) is 24.6 Å². The summed E-state index contributed by atoms with van der Waals surface area (Å²) in [6.07, 6.45) is 7.07. The van der Waals surface area contributed by atoms with Gasteiger partial charge in [-0.1, -0.05) is 39.5 Å². The van der Waals surface area contributed by atoms with E-state index < -0.39 is 6.09 Å². The topological polar surface area (TPSA) is 87.3 Å². The molecule has 1 unspecified atom stereocenters. The quantitative estimate of drug-likeness (QED) is 0.653. The maximum absolute atomic E-state index is 10.7. The predicted octanol–water partition coefficient (Wildman–Crippen LogP) is 4.18. The first-order chi connectivity index (χ1) is 12.1. The highest BCUT2D eigenvalue weighted by atomic mass is 16.5. The van der Waals surface area contributed by atoms with E-state index in [0.717, 1.165) is 29.7 Å². The molecule has 25 heavy (non-hydrogen) atoms. The van der Waals surface area contributed by atoms with E-state index in [1.807, 2.05) is 25.1 Å². The fourth-order valence-corrected chi connectivity index (χ4v) is 2.53. The molecular formula is C19H27N3O3. The number of benzene rings is 1. The molecule has 0 saturated heterocycles. The molecule has 2 rings (SSSR count). The minimum absolute atomic E-state index is 0.115. The Labute approximate surface area is 148 Å². The summed E-state index contributed by atoms with van der Waals surface area (Å²) in [5.41, 5.74) is 5.82. The lowest BCUT2D eigenvalue weighted by atomic mass is 10.1. The zero-order valence-corrected chi connectivity index (χ0v) is 15.0. The van der Waals surface area contributed by atoms with Crippen molar-refractivity contribution in [3.63, 3.8) is 0 Å². The molecule has 0 aliphatic heterocycles. The first-order valence-corrected chi connectivity index (χ1v) is 8.92. The zero-order valence-electron chi connectivity index (χ0n) is 15.0. The first kappa shape index (κ1) is 19.0. The Morgan fingerprint density at radius 2 is 2.04 bits per heavy atom. The van der Waals surface area contributed by atoms with Crippen LogP contribution in [0.25, 0.3) is 10.9 Å². The number of nitrogens with zero attached hydrogens (tertiary/aromatic N) is 2. The van der Waals surface area contributed by atoms with Crippen molar-refractivity contribution < 1.29 is 14.3 Å². The van der Waals surface area contributed by atoms with Crippen LogP contribution in [0, 0.1) is 0 Å². The van der Waals surface area contributed by atoms with Crippen LogP contribution in [-0.4, -0.2) is 29.3 Å². The van der Waals surface area contributed by atoms with Gasteiger partial charge >= 0.3 is 6.09 Å². The molecule has 0 aliphatic rings. The van der Waals surface area contributed by atoms with E-state index in [1.165, 1.54) is 25.7 Å². The average molecular weight is 345 g/mol. The van der Waals surface area contributed by atoms with Crippen LogP contribution in [0.5, 0.6) is 5.75 Å². The molecule has 1 aromatic heterocycles. The summed E-state index contributed by atoms with van der Waals surface area (Å²) in [5, 5.41) is 0.926. The van der Waals surface area contributed by atoms with E-state index >= 15 is 0 Å². The Morgan fingerprint density at radius 3 is 2.80 bits per heavy atom. The van der Waals surface area contributed by atoms with Gasteiger partial charge in [-0.25, -0.2) is 14.8 Å². The Morgan fingerprint density at radius 1 is 1.24 bits per heavy atom. The fraction of sp³-hybridized carbons (Fsp3) is 0.526. The minimum atomic E-state index is -0.788. The molecule has 0 aliphatic carbocycles. The van der Waals surface area contributed by atoms with Crippen LogP contribution in [0.15, 0.2) is 24.4 Å². The van der Waals surface area contributed by atoms with Crippen molar-refractivity contribution in [3.8, 4) is 5.75 Å². The van der Waals surface area contributed by atoms with Crippen LogP contribution < -0.4 is 10.5 Å². The van der Waals surface area contributed by atoms with Gasteiger partial charge in [-0.2, -0.15) is 0 Å². The first-order valence-electron chi connectivity index (χ1n) is 8.92. The number of nitrogens with two attached hydrogens (primary N) is 1. The van der Waals surface area contributed by atoms with E-state index in [4.69, 9.17) is 15.2 Å². The summed E-state index contributed by atoms with van der Waals surface area (Å²) in [6, 6.07) is 5.81. The summed E-state index contributed by atoms with van der Waals surface area (Å²) >= 11 is 0. The van der Waals surface area contributed by atoms with Gasteiger partial charge in [0.15, 0.2) is 0 Å². The van der Waals surface area contributed by atoms with Gasteiger partial charge in [0.25, 0.3) is 0 Å². The smallest absolute Gasteiger partial charge is 0.404 e. The summed E-state index contributed by atoms with van der Waals surface area (Å²) in [6.45, 7) is 5.00. The molecule has 1 heterocycles. The molecule has 1 atom stereocenters.